The zero-order valence-corrected chi connectivity index (χ0v) is 12.0. The standard InChI is InChI=1S/C16H23NO/c1-10-11-7-8-14(17)13(11)6-5-12(10)15(18)9-16(2,3)4/h5-6,14H,7-9,17H2,1-4H3/p+1/t14-/m0/s1. The summed E-state index contributed by atoms with van der Waals surface area (Å²) in [6.45, 7) is 8.42. The van der Waals surface area contributed by atoms with Gasteiger partial charge in [0.25, 0.3) is 0 Å². The number of Topliss-reactive ketones (excluding diaryl/α,β-unsaturated/α-hetero) is 1. The van der Waals surface area contributed by atoms with Gasteiger partial charge >= 0.3 is 0 Å². The quantitative estimate of drug-likeness (QED) is 0.801. The second-order valence-corrected chi connectivity index (χ2v) is 6.70. The number of fused-ring (bicyclic) bond motifs is 1. The first-order valence-electron chi connectivity index (χ1n) is 6.78. The first kappa shape index (κ1) is 13.3. The summed E-state index contributed by atoms with van der Waals surface area (Å²) < 4.78 is 0. The molecule has 18 heavy (non-hydrogen) atoms. The Balaban J connectivity index is 2.34. The van der Waals surface area contributed by atoms with Crippen LogP contribution in [0.4, 0.5) is 0 Å². The maximum Gasteiger partial charge on any atom is 0.163 e. The highest BCUT2D eigenvalue weighted by molar-refractivity contribution is 5.98. The zero-order valence-electron chi connectivity index (χ0n) is 12.0. The summed E-state index contributed by atoms with van der Waals surface area (Å²) in [4.78, 5) is 12.3. The van der Waals surface area contributed by atoms with E-state index < -0.39 is 0 Å². The smallest absolute Gasteiger partial charge is 0.163 e. The summed E-state index contributed by atoms with van der Waals surface area (Å²) in [7, 11) is 0. The van der Waals surface area contributed by atoms with Gasteiger partial charge < -0.3 is 5.73 Å². The van der Waals surface area contributed by atoms with Crippen LogP contribution in [0.2, 0.25) is 0 Å². The Hall–Kier alpha value is -1.15. The minimum Gasteiger partial charge on any atom is -0.351 e. The molecule has 2 nitrogen and oxygen atoms in total. The molecule has 98 valence electrons. The van der Waals surface area contributed by atoms with E-state index in [2.05, 4.69) is 39.5 Å². The van der Waals surface area contributed by atoms with Crippen LogP contribution in [-0.2, 0) is 6.42 Å². The lowest BCUT2D eigenvalue weighted by Crippen LogP contribution is -2.52. The van der Waals surface area contributed by atoms with Gasteiger partial charge in [0.2, 0.25) is 0 Å². The number of hydrogen-bond acceptors (Lipinski definition) is 1. The molecule has 0 radical (unpaired) electrons. The Bertz CT molecular complexity index is 483. The lowest BCUT2D eigenvalue weighted by molar-refractivity contribution is -0.425. The van der Waals surface area contributed by atoms with Gasteiger partial charge in [-0.1, -0.05) is 32.9 Å². The highest BCUT2D eigenvalue weighted by atomic mass is 16.1. The summed E-state index contributed by atoms with van der Waals surface area (Å²) in [5.74, 6) is 0.273. The third kappa shape index (κ3) is 2.49. The van der Waals surface area contributed by atoms with Gasteiger partial charge in [-0.3, -0.25) is 4.79 Å². The highest BCUT2D eigenvalue weighted by Crippen LogP contribution is 2.33. The van der Waals surface area contributed by atoms with Crippen molar-refractivity contribution in [1.29, 1.82) is 0 Å². The summed E-state index contributed by atoms with van der Waals surface area (Å²) in [5.41, 5.74) is 9.04. The lowest BCUT2D eigenvalue weighted by atomic mass is 9.85. The van der Waals surface area contributed by atoms with Crippen LogP contribution in [0, 0.1) is 12.3 Å². The average Bonchev–Trinajstić information content (AvgIpc) is 2.59. The van der Waals surface area contributed by atoms with E-state index >= 15 is 0 Å². The number of quaternary nitrogens is 1. The van der Waals surface area contributed by atoms with Crippen LogP contribution in [0.25, 0.3) is 0 Å². The topological polar surface area (TPSA) is 44.7 Å². The average molecular weight is 246 g/mol. The molecule has 0 unspecified atom stereocenters. The van der Waals surface area contributed by atoms with Crippen LogP contribution < -0.4 is 5.73 Å². The van der Waals surface area contributed by atoms with Gasteiger partial charge in [0, 0.05) is 24.0 Å². The molecule has 0 saturated carbocycles. The zero-order chi connectivity index (χ0) is 13.5. The molecule has 0 aromatic heterocycles. The second kappa shape index (κ2) is 4.51. The molecule has 0 aliphatic heterocycles. The third-order valence-electron chi connectivity index (χ3n) is 3.81. The molecule has 0 bridgehead atoms. The number of hydrogen-bond donors (Lipinski definition) is 1. The fraction of sp³-hybridized carbons (Fsp3) is 0.562. The van der Waals surface area contributed by atoms with Crippen LogP contribution in [0.3, 0.4) is 0 Å². The summed E-state index contributed by atoms with van der Waals surface area (Å²) in [5, 5.41) is 0. The molecular weight excluding hydrogens is 222 g/mol. The minimum absolute atomic E-state index is 0.0530. The van der Waals surface area contributed by atoms with Gasteiger partial charge in [0.05, 0.1) is 0 Å². The van der Waals surface area contributed by atoms with Gasteiger partial charge in [-0.2, -0.15) is 0 Å². The van der Waals surface area contributed by atoms with E-state index in [0.717, 1.165) is 18.4 Å². The van der Waals surface area contributed by atoms with Gasteiger partial charge in [-0.25, -0.2) is 0 Å². The molecule has 1 atom stereocenters. The van der Waals surface area contributed by atoms with E-state index in [-0.39, 0.29) is 11.2 Å². The largest absolute Gasteiger partial charge is 0.351 e. The summed E-state index contributed by atoms with van der Waals surface area (Å²) in [6, 6.07) is 4.53. The Morgan fingerprint density at radius 2 is 2.06 bits per heavy atom. The monoisotopic (exact) mass is 246 g/mol. The molecule has 0 spiro atoms. The van der Waals surface area contributed by atoms with Gasteiger partial charge in [-0.05, 0) is 29.9 Å². The first-order chi connectivity index (χ1) is 8.29. The molecule has 3 N–H and O–H groups in total. The predicted octanol–water partition coefficient (Wildman–Crippen LogP) is 2.84. The van der Waals surface area contributed by atoms with E-state index in [1.807, 2.05) is 6.07 Å². The Kier molecular flexibility index (Phi) is 3.33. The maximum atomic E-state index is 12.3. The van der Waals surface area contributed by atoms with E-state index in [1.165, 1.54) is 16.7 Å². The Morgan fingerprint density at radius 3 is 2.67 bits per heavy atom. The number of benzene rings is 1. The van der Waals surface area contributed by atoms with Gasteiger partial charge in [0.15, 0.2) is 5.78 Å². The molecule has 0 amide bonds. The SMILES string of the molecule is Cc1c(C(=O)CC(C)(C)C)ccc2c1CC[C@@H]2[NH3+]. The van der Waals surface area contributed by atoms with E-state index in [4.69, 9.17) is 0 Å². The first-order valence-corrected chi connectivity index (χ1v) is 6.78. The van der Waals surface area contributed by atoms with Crippen molar-refractivity contribution < 1.29 is 10.5 Å². The van der Waals surface area contributed by atoms with Crippen molar-refractivity contribution in [1.82, 2.24) is 0 Å². The fourth-order valence-corrected chi connectivity index (χ4v) is 2.85. The number of rotatable bonds is 2. The van der Waals surface area contributed by atoms with Crippen molar-refractivity contribution in [2.45, 2.75) is 53.0 Å². The molecule has 0 heterocycles. The number of ketones is 1. The van der Waals surface area contributed by atoms with Crippen LogP contribution in [-0.4, -0.2) is 5.78 Å². The van der Waals surface area contributed by atoms with Crippen LogP contribution in [0.5, 0.6) is 0 Å². The fourth-order valence-electron chi connectivity index (χ4n) is 2.85. The maximum absolute atomic E-state index is 12.3. The molecule has 1 aromatic carbocycles. The molecule has 1 aromatic rings. The van der Waals surface area contributed by atoms with Gasteiger partial charge in [0.1, 0.15) is 6.04 Å². The normalized spacial score (nSPS) is 18.8. The third-order valence-corrected chi connectivity index (χ3v) is 3.81. The number of carbonyl (C=O) groups excluding carboxylic acids is 1. The van der Waals surface area contributed by atoms with Crippen LogP contribution in [0.1, 0.15) is 66.7 Å². The molecule has 0 saturated heterocycles. The van der Waals surface area contributed by atoms with Crippen molar-refractivity contribution in [3.63, 3.8) is 0 Å². The van der Waals surface area contributed by atoms with Gasteiger partial charge in [-0.15, -0.1) is 0 Å². The van der Waals surface area contributed by atoms with E-state index in [1.54, 1.807) is 0 Å². The summed E-state index contributed by atoms with van der Waals surface area (Å²) in [6.07, 6.45) is 2.81. The van der Waals surface area contributed by atoms with Crippen molar-refractivity contribution in [3.8, 4) is 0 Å². The van der Waals surface area contributed by atoms with E-state index in [9.17, 15) is 4.79 Å². The van der Waals surface area contributed by atoms with Crippen molar-refractivity contribution in [2.75, 3.05) is 0 Å². The van der Waals surface area contributed by atoms with Crippen LogP contribution in [0.15, 0.2) is 12.1 Å². The molecule has 1 aliphatic rings. The molecule has 2 heteroatoms. The van der Waals surface area contributed by atoms with Crippen LogP contribution >= 0.6 is 0 Å². The molecular formula is C16H24NO+. The summed E-state index contributed by atoms with van der Waals surface area (Å²) >= 11 is 0. The highest BCUT2D eigenvalue weighted by Gasteiger charge is 2.26. The van der Waals surface area contributed by atoms with Crippen molar-refractivity contribution in [2.24, 2.45) is 5.41 Å². The molecule has 2 rings (SSSR count). The van der Waals surface area contributed by atoms with Crippen molar-refractivity contribution >= 4 is 5.78 Å². The predicted molar refractivity (Wildman–Crippen MR) is 73.5 cm³/mol. The second-order valence-electron chi connectivity index (χ2n) is 6.70. The van der Waals surface area contributed by atoms with E-state index in [0.29, 0.717) is 12.5 Å². The molecule has 1 aliphatic carbocycles. The Morgan fingerprint density at radius 1 is 1.39 bits per heavy atom. The Labute approximate surface area is 110 Å². The number of carbonyl (C=O) groups is 1. The lowest BCUT2D eigenvalue weighted by Gasteiger charge is -2.18. The van der Waals surface area contributed by atoms with Crippen molar-refractivity contribution in [3.05, 3.63) is 34.4 Å². The molecule has 0 fully saturated rings. The minimum atomic E-state index is 0.0530.